The minimum absolute atomic E-state index is 0.435. The van der Waals surface area contributed by atoms with Gasteiger partial charge < -0.3 is 10.1 Å². The van der Waals surface area contributed by atoms with Crippen molar-refractivity contribution in [2.45, 2.75) is 64.9 Å². The zero-order valence-corrected chi connectivity index (χ0v) is 12.8. The number of rotatable bonds is 6. The number of hydrogen-bond donors (Lipinski definition) is 1. The molecular weight excluding hydrogens is 234 g/mol. The van der Waals surface area contributed by atoms with Crippen LogP contribution in [0.15, 0.2) is 0 Å². The Kier molecular flexibility index (Phi) is 4.19. The van der Waals surface area contributed by atoms with Gasteiger partial charge in [-0.15, -0.1) is 0 Å². The molecule has 2 saturated carbocycles. The molecule has 110 valence electrons. The molecule has 3 fully saturated rings. The van der Waals surface area contributed by atoms with Crippen LogP contribution in [0.3, 0.4) is 0 Å². The van der Waals surface area contributed by atoms with Crippen molar-refractivity contribution in [3.63, 3.8) is 0 Å². The fourth-order valence-electron chi connectivity index (χ4n) is 5.05. The molecule has 3 aliphatic rings. The Morgan fingerprint density at radius 1 is 1.26 bits per heavy atom. The predicted molar refractivity (Wildman–Crippen MR) is 79.2 cm³/mol. The maximum absolute atomic E-state index is 5.95. The van der Waals surface area contributed by atoms with Crippen LogP contribution in [-0.2, 0) is 4.74 Å². The average Bonchev–Trinajstić information content (AvgIpc) is 3.08. The fourth-order valence-corrected chi connectivity index (χ4v) is 5.05. The Balaban J connectivity index is 1.62. The normalized spacial score (nSPS) is 45.2. The van der Waals surface area contributed by atoms with E-state index in [0.717, 1.165) is 30.9 Å². The number of nitrogens with one attached hydrogen (secondary N) is 1. The highest BCUT2D eigenvalue weighted by molar-refractivity contribution is 4.98. The highest BCUT2D eigenvalue weighted by Gasteiger charge is 2.47. The SMILES string of the molecule is CCCNCC1(CC2CC3CCC2C3)CCOC1C. The van der Waals surface area contributed by atoms with Gasteiger partial charge in [0.15, 0.2) is 0 Å². The molecule has 1 N–H and O–H groups in total. The summed E-state index contributed by atoms with van der Waals surface area (Å²) in [7, 11) is 0. The Labute approximate surface area is 118 Å². The second kappa shape index (κ2) is 5.73. The van der Waals surface area contributed by atoms with Gasteiger partial charge in [0.2, 0.25) is 0 Å². The number of fused-ring (bicyclic) bond motifs is 2. The first-order valence-electron chi connectivity index (χ1n) is 8.56. The van der Waals surface area contributed by atoms with Crippen molar-refractivity contribution < 1.29 is 4.74 Å². The van der Waals surface area contributed by atoms with Gasteiger partial charge in [-0.1, -0.05) is 13.3 Å². The third-order valence-corrected chi connectivity index (χ3v) is 6.29. The lowest BCUT2D eigenvalue weighted by atomic mass is 9.70. The second-order valence-electron chi connectivity index (χ2n) is 7.44. The first-order valence-corrected chi connectivity index (χ1v) is 8.56. The third kappa shape index (κ3) is 2.71. The summed E-state index contributed by atoms with van der Waals surface area (Å²) in [5, 5.41) is 3.69. The molecule has 19 heavy (non-hydrogen) atoms. The Bertz CT molecular complexity index is 306. The van der Waals surface area contributed by atoms with Crippen LogP contribution in [-0.4, -0.2) is 25.8 Å². The van der Waals surface area contributed by atoms with Crippen molar-refractivity contribution in [1.82, 2.24) is 5.32 Å². The van der Waals surface area contributed by atoms with Crippen LogP contribution < -0.4 is 5.32 Å². The van der Waals surface area contributed by atoms with Crippen LogP contribution in [0.25, 0.3) is 0 Å². The molecule has 2 bridgehead atoms. The van der Waals surface area contributed by atoms with Crippen molar-refractivity contribution >= 4 is 0 Å². The van der Waals surface area contributed by atoms with E-state index in [-0.39, 0.29) is 0 Å². The van der Waals surface area contributed by atoms with E-state index in [0.29, 0.717) is 11.5 Å². The summed E-state index contributed by atoms with van der Waals surface area (Å²) >= 11 is 0. The highest BCUT2D eigenvalue weighted by Crippen LogP contribution is 2.53. The van der Waals surface area contributed by atoms with E-state index < -0.39 is 0 Å². The summed E-state index contributed by atoms with van der Waals surface area (Å²) < 4.78 is 5.95. The monoisotopic (exact) mass is 265 g/mol. The zero-order valence-electron chi connectivity index (χ0n) is 12.8. The molecule has 0 aromatic carbocycles. The van der Waals surface area contributed by atoms with E-state index in [1.807, 2.05) is 0 Å². The summed E-state index contributed by atoms with van der Waals surface area (Å²) in [6.45, 7) is 7.88. The van der Waals surface area contributed by atoms with Crippen molar-refractivity contribution in [2.24, 2.45) is 23.2 Å². The Hall–Kier alpha value is -0.0800. The summed E-state index contributed by atoms with van der Waals surface area (Å²) in [6, 6.07) is 0. The van der Waals surface area contributed by atoms with Gasteiger partial charge in [0.25, 0.3) is 0 Å². The molecule has 0 amide bonds. The van der Waals surface area contributed by atoms with E-state index >= 15 is 0 Å². The largest absolute Gasteiger partial charge is 0.378 e. The van der Waals surface area contributed by atoms with Crippen LogP contribution in [0.1, 0.15) is 58.8 Å². The molecule has 5 unspecified atom stereocenters. The molecule has 3 rings (SSSR count). The summed E-state index contributed by atoms with van der Waals surface area (Å²) in [6.07, 6.45) is 10.5. The first-order chi connectivity index (χ1) is 9.23. The molecule has 1 heterocycles. The summed E-state index contributed by atoms with van der Waals surface area (Å²) in [5.41, 5.74) is 0.435. The molecule has 0 radical (unpaired) electrons. The zero-order chi connectivity index (χ0) is 13.3. The molecule has 2 aliphatic carbocycles. The molecular formula is C17H31NO. The van der Waals surface area contributed by atoms with Crippen LogP contribution in [0.4, 0.5) is 0 Å². The Morgan fingerprint density at radius 2 is 2.16 bits per heavy atom. The molecule has 2 heteroatoms. The van der Waals surface area contributed by atoms with Gasteiger partial charge in [0, 0.05) is 18.6 Å². The molecule has 1 saturated heterocycles. The van der Waals surface area contributed by atoms with Gasteiger partial charge in [0.1, 0.15) is 0 Å². The van der Waals surface area contributed by atoms with E-state index in [1.54, 1.807) is 6.42 Å². The molecule has 2 nitrogen and oxygen atoms in total. The molecule has 0 spiro atoms. The lowest BCUT2D eigenvalue weighted by molar-refractivity contribution is 0.0429. The van der Waals surface area contributed by atoms with E-state index in [1.165, 1.54) is 45.1 Å². The quantitative estimate of drug-likeness (QED) is 0.741. The number of ether oxygens (including phenoxy) is 1. The summed E-state index contributed by atoms with van der Waals surface area (Å²) in [5.74, 6) is 3.14. The van der Waals surface area contributed by atoms with Gasteiger partial charge in [-0.25, -0.2) is 0 Å². The second-order valence-corrected chi connectivity index (χ2v) is 7.44. The third-order valence-electron chi connectivity index (χ3n) is 6.29. The topological polar surface area (TPSA) is 21.3 Å². The van der Waals surface area contributed by atoms with Gasteiger partial charge in [-0.3, -0.25) is 0 Å². The van der Waals surface area contributed by atoms with Crippen molar-refractivity contribution in [2.75, 3.05) is 19.7 Å². The standard InChI is InChI=1S/C17H31NO/c1-3-7-18-12-17(6-8-19-13(17)2)11-16-10-14-4-5-15(16)9-14/h13-16,18H,3-12H2,1-2H3. The molecule has 1 aliphatic heterocycles. The fraction of sp³-hybridized carbons (Fsp3) is 1.00. The van der Waals surface area contributed by atoms with Crippen LogP contribution >= 0.6 is 0 Å². The Morgan fingerprint density at radius 3 is 2.74 bits per heavy atom. The minimum atomic E-state index is 0.435. The molecule has 0 aromatic heterocycles. The predicted octanol–water partition coefficient (Wildman–Crippen LogP) is 3.61. The average molecular weight is 265 g/mol. The van der Waals surface area contributed by atoms with E-state index in [4.69, 9.17) is 4.74 Å². The van der Waals surface area contributed by atoms with Crippen molar-refractivity contribution in [3.8, 4) is 0 Å². The summed E-state index contributed by atoms with van der Waals surface area (Å²) in [4.78, 5) is 0. The van der Waals surface area contributed by atoms with Crippen molar-refractivity contribution in [1.29, 1.82) is 0 Å². The van der Waals surface area contributed by atoms with Crippen molar-refractivity contribution in [3.05, 3.63) is 0 Å². The van der Waals surface area contributed by atoms with Gasteiger partial charge in [-0.2, -0.15) is 0 Å². The van der Waals surface area contributed by atoms with Crippen LogP contribution in [0, 0.1) is 23.2 Å². The van der Waals surface area contributed by atoms with E-state index in [2.05, 4.69) is 19.2 Å². The highest BCUT2D eigenvalue weighted by atomic mass is 16.5. The lowest BCUT2D eigenvalue weighted by Crippen LogP contribution is -2.42. The first kappa shape index (κ1) is 13.9. The van der Waals surface area contributed by atoms with Crippen LogP contribution in [0.5, 0.6) is 0 Å². The van der Waals surface area contributed by atoms with Gasteiger partial charge >= 0.3 is 0 Å². The number of hydrogen-bond acceptors (Lipinski definition) is 2. The minimum Gasteiger partial charge on any atom is -0.378 e. The lowest BCUT2D eigenvalue weighted by Gasteiger charge is -2.37. The van der Waals surface area contributed by atoms with Gasteiger partial charge in [0.05, 0.1) is 6.10 Å². The van der Waals surface area contributed by atoms with Crippen LogP contribution in [0.2, 0.25) is 0 Å². The maximum atomic E-state index is 5.95. The maximum Gasteiger partial charge on any atom is 0.0616 e. The smallest absolute Gasteiger partial charge is 0.0616 e. The van der Waals surface area contributed by atoms with E-state index in [9.17, 15) is 0 Å². The molecule has 0 aromatic rings. The molecule has 5 atom stereocenters. The van der Waals surface area contributed by atoms with Gasteiger partial charge in [-0.05, 0) is 69.7 Å².